The smallest absolute Gasteiger partial charge is 0.227 e. The summed E-state index contributed by atoms with van der Waals surface area (Å²) in [4.78, 5) is 25.3. The Hall–Kier alpha value is -3.16. The monoisotopic (exact) mass is 438 g/mol. The Kier molecular flexibility index (Phi) is 7.19. The number of aliphatic imine (C=N–C) groups is 1. The van der Waals surface area contributed by atoms with Gasteiger partial charge in [0.05, 0.1) is 0 Å². The molecule has 2 N–H and O–H groups in total. The first-order valence-corrected chi connectivity index (χ1v) is 11.4. The Bertz CT molecular complexity index is 965. The van der Waals surface area contributed by atoms with Gasteiger partial charge in [0, 0.05) is 57.1 Å². The fourth-order valence-electron chi connectivity index (χ4n) is 4.35. The van der Waals surface area contributed by atoms with Crippen LogP contribution in [-0.4, -0.2) is 55.6 Å². The molecule has 0 radical (unpaired) electrons. The van der Waals surface area contributed by atoms with Gasteiger partial charge >= 0.3 is 0 Å². The van der Waals surface area contributed by atoms with Gasteiger partial charge in [-0.25, -0.2) is 9.37 Å². The van der Waals surface area contributed by atoms with Gasteiger partial charge in [-0.05, 0) is 49.9 Å². The van der Waals surface area contributed by atoms with Crippen LogP contribution in [0.25, 0.3) is 0 Å². The molecular weight excluding hydrogens is 407 g/mol. The Morgan fingerprint density at radius 3 is 2.97 bits per heavy atom. The molecule has 0 aliphatic carbocycles. The van der Waals surface area contributed by atoms with E-state index in [1.807, 2.05) is 34.9 Å². The summed E-state index contributed by atoms with van der Waals surface area (Å²) in [6, 6.07) is 11.3. The zero-order chi connectivity index (χ0) is 22.3. The minimum absolute atomic E-state index is 0.159. The normalized spacial score (nSPS) is 18.1. The van der Waals surface area contributed by atoms with E-state index in [-0.39, 0.29) is 17.8 Å². The van der Waals surface area contributed by atoms with Gasteiger partial charge in [0.1, 0.15) is 0 Å². The quantitative estimate of drug-likeness (QED) is 0.395. The molecule has 2 aliphatic heterocycles. The van der Waals surface area contributed by atoms with Crippen molar-refractivity contribution in [2.45, 2.75) is 38.6 Å². The number of anilines is 2. The molecule has 0 bridgehead atoms. The fourth-order valence-corrected chi connectivity index (χ4v) is 4.35. The minimum Gasteiger partial charge on any atom is -0.357 e. The molecule has 170 valence electrons. The number of amides is 1. The zero-order valence-corrected chi connectivity index (χ0v) is 18.6. The third-order valence-electron chi connectivity index (χ3n) is 5.92. The molecule has 1 amide bonds. The highest BCUT2D eigenvalue weighted by Crippen LogP contribution is 2.28. The Labute approximate surface area is 188 Å². The molecule has 1 fully saturated rings. The van der Waals surface area contributed by atoms with Crippen molar-refractivity contribution in [2.75, 3.05) is 42.5 Å². The summed E-state index contributed by atoms with van der Waals surface area (Å²) < 4.78 is 14.0. The molecular formula is C24H31FN6O. The summed E-state index contributed by atoms with van der Waals surface area (Å²) in [6.07, 6.45) is 4.60. The van der Waals surface area contributed by atoms with E-state index in [1.54, 1.807) is 12.3 Å². The Balaban J connectivity index is 1.26. The van der Waals surface area contributed by atoms with Crippen molar-refractivity contribution in [3.8, 4) is 0 Å². The molecule has 1 saturated heterocycles. The van der Waals surface area contributed by atoms with Gasteiger partial charge in [0.25, 0.3) is 0 Å². The number of benzene rings is 1. The van der Waals surface area contributed by atoms with Crippen molar-refractivity contribution in [1.29, 1.82) is 0 Å². The second kappa shape index (κ2) is 10.4. The van der Waals surface area contributed by atoms with E-state index in [1.165, 1.54) is 11.6 Å². The number of pyridine rings is 1. The summed E-state index contributed by atoms with van der Waals surface area (Å²) in [5.41, 5.74) is 2.29. The third kappa shape index (κ3) is 5.18. The molecule has 1 aromatic heterocycles. The van der Waals surface area contributed by atoms with Crippen molar-refractivity contribution in [2.24, 2.45) is 4.99 Å². The van der Waals surface area contributed by atoms with E-state index >= 15 is 0 Å². The molecule has 1 aromatic carbocycles. The van der Waals surface area contributed by atoms with E-state index in [2.05, 4.69) is 26.7 Å². The summed E-state index contributed by atoms with van der Waals surface area (Å²) in [5.74, 6) is 1.01. The van der Waals surface area contributed by atoms with Gasteiger partial charge in [0.2, 0.25) is 5.91 Å². The van der Waals surface area contributed by atoms with Crippen LogP contribution in [0.1, 0.15) is 31.7 Å². The average molecular weight is 439 g/mol. The van der Waals surface area contributed by atoms with Crippen LogP contribution in [0.3, 0.4) is 0 Å². The highest BCUT2D eigenvalue weighted by molar-refractivity contribution is 5.95. The van der Waals surface area contributed by atoms with E-state index < -0.39 is 0 Å². The van der Waals surface area contributed by atoms with Crippen molar-refractivity contribution in [3.05, 3.63) is 54.0 Å². The summed E-state index contributed by atoms with van der Waals surface area (Å²) in [7, 11) is 0. The SMILES string of the molecule is CCNC(=NCCCC(=O)N1CCc2ccccc21)NC1CCN(c2ncccc2F)C1. The highest BCUT2D eigenvalue weighted by Gasteiger charge is 2.26. The lowest BCUT2D eigenvalue weighted by molar-refractivity contribution is -0.118. The van der Waals surface area contributed by atoms with Gasteiger partial charge in [-0.1, -0.05) is 18.2 Å². The zero-order valence-electron chi connectivity index (χ0n) is 18.6. The number of hydrogen-bond donors (Lipinski definition) is 2. The molecule has 0 saturated carbocycles. The van der Waals surface area contributed by atoms with Gasteiger partial charge in [0.15, 0.2) is 17.6 Å². The molecule has 3 heterocycles. The van der Waals surface area contributed by atoms with Crippen molar-refractivity contribution in [3.63, 3.8) is 0 Å². The molecule has 7 nitrogen and oxygen atoms in total. The first-order valence-electron chi connectivity index (χ1n) is 11.4. The molecule has 32 heavy (non-hydrogen) atoms. The number of halogens is 1. The maximum atomic E-state index is 14.0. The van der Waals surface area contributed by atoms with E-state index in [0.717, 1.165) is 44.1 Å². The van der Waals surface area contributed by atoms with Crippen LogP contribution in [0.4, 0.5) is 15.9 Å². The second-order valence-corrected chi connectivity index (χ2v) is 8.17. The Morgan fingerprint density at radius 2 is 2.12 bits per heavy atom. The van der Waals surface area contributed by atoms with Crippen LogP contribution in [0, 0.1) is 5.82 Å². The summed E-state index contributed by atoms with van der Waals surface area (Å²) in [5, 5.41) is 6.71. The van der Waals surface area contributed by atoms with Crippen LogP contribution in [0.2, 0.25) is 0 Å². The number of carbonyl (C=O) groups excluding carboxylic acids is 1. The molecule has 0 spiro atoms. The largest absolute Gasteiger partial charge is 0.357 e. The van der Waals surface area contributed by atoms with E-state index in [0.29, 0.717) is 31.7 Å². The summed E-state index contributed by atoms with van der Waals surface area (Å²) >= 11 is 0. The van der Waals surface area contributed by atoms with Crippen molar-refractivity contribution >= 4 is 23.4 Å². The van der Waals surface area contributed by atoms with E-state index in [4.69, 9.17) is 0 Å². The average Bonchev–Trinajstić information content (AvgIpc) is 3.44. The second-order valence-electron chi connectivity index (χ2n) is 8.17. The van der Waals surface area contributed by atoms with Gasteiger partial charge in [-0.15, -0.1) is 0 Å². The van der Waals surface area contributed by atoms with Crippen LogP contribution in [0.5, 0.6) is 0 Å². The number of hydrogen-bond acceptors (Lipinski definition) is 4. The van der Waals surface area contributed by atoms with Crippen LogP contribution in [-0.2, 0) is 11.2 Å². The number of rotatable bonds is 7. The number of nitrogens with zero attached hydrogens (tertiary/aromatic N) is 4. The first kappa shape index (κ1) is 22.0. The topological polar surface area (TPSA) is 72.9 Å². The number of fused-ring (bicyclic) bond motifs is 1. The molecule has 2 aromatic rings. The molecule has 4 rings (SSSR count). The predicted molar refractivity (Wildman–Crippen MR) is 126 cm³/mol. The first-order chi connectivity index (χ1) is 15.7. The van der Waals surface area contributed by atoms with E-state index in [9.17, 15) is 9.18 Å². The molecule has 8 heteroatoms. The Morgan fingerprint density at radius 1 is 1.25 bits per heavy atom. The van der Waals surface area contributed by atoms with Gasteiger partial charge < -0.3 is 20.4 Å². The standard InChI is InChI=1S/C24H31FN6O/c1-2-26-24(29-19-12-15-30(17-19)23-20(25)8-5-13-27-23)28-14-6-10-22(32)31-16-11-18-7-3-4-9-21(18)31/h3-5,7-9,13,19H,2,6,10-12,14-17H2,1H3,(H2,26,28,29). The fraction of sp³-hybridized carbons (Fsp3) is 0.458. The predicted octanol–water partition coefficient (Wildman–Crippen LogP) is 2.72. The summed E-state index contributed by atoms with van der Waals surface area (Å²) in [6.45, 7) is 5.53. The van der Waals surface area contributed by atoms with Crippen molar-refractivity contribution in [1.82, 2.24) is 15.6 Å². The maximum Gasteiger partial charge on any atom is 0.227 e. The van der Waals surface area contributed by atoms with Crippen molar-refractivity contribution < 1.29 is 9.18 Å². The lowest BCUT2D eigenvalue weighted by Gasteiger charge is -2.20. The lowest BCUT2D eigenvalue weighted by atomic mass is 10.2. The van der Waals surface area contributed by atoms with Gasteiger partial charge in [-0.2, -0.15) is 0 Å². The minimum atomic E-state index is -0.293. The number of para-hydroxylation sites is 1. The van der Waals surface area contributed by atoms with Crippen LogP contribution in [0.15, 0.2) is 47.6 Å². The highest BCUT2D eigenvalue weighted by atomic mass is 19.1. The van der Waals surface area contributed by atoms with Crippen LogP contribution < -0.4 is 20.4 Å². The molecule has 1 unspecified atom stereocenters. The number of guanidine groups is 1. The number of carbonyl (C=O) groups is 1. The number of aromatic nitrogens is 1. The molecule has 2 aliphatic rings. The maximum absolute atomic E-state index is 14.0. The lowest BCUT2D eigenvalue weighted by Crippen LogP contribution is -2.44. The third-order valence-corrected chi connectivity index (χ3v) is 5.92. The molecule has 1 atom stereocenters. The van der Waals surface area contributed by atoms with Gasteiger partial charge in [-0.3, -0.25) is 9.79 Å². The number of nitrogens with one attached hydrogen (secondary N) is 2. The van der Waals surface area contributed by atoms with Crippen LogP contribution >= 0.6 is 0 Å².